The van der Waals surface area contributed by atoms with Gasteiger partial charge in [0, 0.05) is 25.8 Å². The molecule has 0 bridgehead atoms. The number of pyridine rings is 1. The number of aromatic nitrogens is 3. The van der Waals surface area contributed by atoms with Gasteiger partial charge >= 0.3 is 0 Å². The molecule has 2 amide bonds. The van der Waals surface area contributed by atoms with Gasteiger partial charge < -0.3 is 14.8 Å². The highest BCUT2D eigenvalue weighted by molar-refractivity contribution is 5.97. The van der Waals surface area contributed by atoms with E-state index < -0.39 is 0 Å². The molecule has 2 aromatic rings. The number of carbonyl (C=O) groups is 2. The minimum absolute atomic E-state index is 0.109. The molecule has 138 valence electrons. The summed E-state index contributed by atoms with van der Waals surface area (Å²) in [4.78, 5) is 35.9. The first-order chi connectivity index (χ1) is 12.7. The summed E-state index contributed by atoms with van der Waals surface area (Å²) in [6, 6.07) is 5.58. The first-order valence-electron chi connectivity index (χ1n) is 9.22. The summed E-state index contributed by atoms with van der Waals surface area (Å²) in [6.07, 6.45) is 4.47. The average Bonchev–Trinajstić information content (AvgIpc) is 3.07. The number of nitrogens with one attached hydrogen (secondary N) is 1. The van der Waals surface area contributed by atoms with Gasteiger partial charge in [0.1, 0.15) is 5.69 Å². The van der Waals surface area contributed by atoms with Crippen molar-refractivity contribution < 1.29 is 9.59 Å². The lowest BCUT2D eigenvalue weighted by Crippen LogP contribution is -2.33. The summed E-state index contributed by atoms with van der Waals surface area (Å²) in [6.45, 7) is 6.21. The first kappa shape index (κ1) is 18.1. The van der Waals surface area contributed by atoms with Gasteiger partial charge in [-0.05, 0) is 45.2 Å². The molecule has 0 saturated carbocycles. The molecule has 0 unspecified atom stereocenters. The fourth-order valence-electron chi connectivity index (χ4n) is 3.30. The van der Waals surface area contributed by atoms with E-state index >= 15 is 0 Å². The third-order valence-electron chi connectivity index (χ3n) is 4.73. The molecule has 3 heterocycles. The van der Waals surface area contributed by atoms with Crippen molar-refractivity contribution in [3.8, 4) is 0 Å². The molecule has 1 aliphatic rings. The van der Waals surface area contributed by atoms with Gasteiger partial charge in [0.2, 0.25) is 0 Å². The number of fused-ring (bicyclic) bond motifs is 1. The van der Waals surface area contributed by atoms with Crippen molar-refractivity contribution in [3.05, 3.63) is 47.3 Å². The molecule has 0 aromatic carbocycles. The Morgan fingerprint density at radius 3 is 2.73 bits per heavy atom. The molecule has 1 N–H and O–H groups in total. The van der Waals surface area contributed by atoms with Gasteiger partial charge in [0.15, 0.2) is 5.82 Å². The average molecular weight is 355 g/mol. The van der Waals surface area contributed by atoms with Crippen LogP contribution in [-0.2, 0) is 19.5 Å². The van der Waals surface area contributed by atoms with E-state index in [1.165, 1.54) is 0 Å². The van der Waals surface area contributed by atoms with E-state index in [0.29, 0.717) is 31.2 Å². The van der Waals surface area contributed by atoms with Gasteiger partial charge in [-0.25, -0.2) is 4.98 Å². The zero-order valence-corrected chi connectivity index (χ0v) is 15.4. The minimum atomic E-state index is -0.250. The van der Waals surface area contributed by atoms with Crippen molar-refractivity contribution in [1.82, 2.24) is 24.8 Å². The maximum atomic E-state index is 12.8. The third-order valence-corrected chi connectivity index (χ3v) is 4.73. The molecule has 7 heteroatoms. The highest BCUT2D eigenvalue weighted by Crippen LogP contribution is 2.22. The van der Waals surface area contributed by atoms with Crippen LogP contribution in [0, 0.1) is 0 Å². The van der Waals surface area contributed by atoms with E-state index in [2.05, 4.69) is 15.3 Å². The molecular weight excluding hydrogens is 330 g/mol. The topological polar surface area (TPSA) is 80.1 Å². The summed E-state index contributed by atoms with van der Waals surface area (Å²) >= 11 is 0. The van der Waals surface area contributed by atoms with Crippen molar-refractivity contribution in [1.29, 1.82) is 0 Å². The van der Waals surface area contributed by atoms with Crippen LogP contribution in [0.4, 0.5) is 0 Å². The standard InChI is InChI=1S/C19H25N5O2/c1-3-23(4-2)19(26)17-22-16(15-10-6-8-12-24(15)17)18(25)21-13-14-9-5-7-11-20-14/h5,7,9,11H,3-4,6,8,10,12-13H2,1-2H3,(H,21,25). The van der Waals surface area contributed by atoms with Crippen molar-refractivity contribution in [2.45, 2.75) is 46.2 Å². The fourth-order valence-corrected chi connectivity index (χ4v) is 3.30. The Bertz CT molecular complexity index is 781. The van der Waals surface area contributed by atoms with Gasteiger partial charge in [0.25, 0.3) is 11.8 Å². The van der Waals surface area contributed by atoms with E-state index in [9.17, 15) is 9.59 Å². The Morgan fingerprint density at radius 2 is 2.04 bits per heavy atom. The molecular formula is C19H25N5O2. The molecule has 0 atom stereocenters. The van der Waals surface area contributed by atoms with Crippen molar-refractivity contribution in [2.75, 3.05) is 13.1 Å². The van der Waals surface area contributed by atoms with Gasteiger partial charge in [-0.1, -0.05) is 6.07 Å². The van der Waals surface area contributed by atoms with Crippen molar-refractivity contribution >= 4 is 11.8 Å². The Balaban J connectivity index is 1.85. The highest BCUT2D eigenvalue weighted by Gasteiger charge is 2.29. The van der Waals surface area contributed by atoms with E-state index in [4.69, 9.17) is 0 Å². The highest BCUT2D eigenvalue weighted by atomic mass is 16.2. The third kappa shape index (κ3) is 3.61. The van der Waals surface area contributed by atoms with E-state index in [1.807, 2.05) is 36.6 Å². The molecule has 1 aliphatic heterocycles. The smallest absolute Gasteiger partial charge is 0.289 e. The molecule has 0 radical (unpaired) electrons. The summed E-state index contributed by atoms with van der Waals surface area (Å²) < 4.78 is 1.93. The zero-order chi connectivity index (χ0) is 18.5. The number of imidazole rings is 1. The van der Waals surface area contributed by atoms with Crippen molar-refractivity contribution in [3.63, 3.8) is 0 Å². The number of amides is 2. The number of carbonyl (C=O) groups excluding carboxylic acids is 2. The quantitative estimate of drug-likeness (QED) is 0.860. The van der Waals surface area contributed by atoms with Crippen LogP contribution in [0.1, 0.15) is 59.2 Å². The Kier molecular flexibility index (Phi) is 5.65. The van der Waals surface area contributed by atoms with Crippen LogP contribution in [-0.4, -0.2) is 44.3 Å². The SMILES string of the molecule is CCN(CC)C(=O)c1nc(C(=O)NCc2ccccn2)c2n1CCCC2. The molecule has 0 saturated heterocycles. The summed E-state index contributed by atoms with van der Waals surface area (Å²) in [7, 11) is 0. The molecule has 26 heavy (non-hydrogen) atoms. The van der Waals surface area contributed by atoms with E-state index in [0.717, 1.165) is 37.2 Å². The van der Waals surface area contributed by atoms with Crippen LogP contribution in [0.2, 0.25) is 0 Å². The Hall–Kier alpha value is -2.70. The number of nitrogens with zero attached hydrogens (tertiary/aromatic N) is 4. The van der Waals surface area contributed by atoms with Gasteiger partial charge in [0.05, 0.1) is 17.9 Å². The van der Waals surface area contributed by atoms with Gasteiger partial charge in [-0.2, -0.15) is 0 Å². The predicted octanol–water partition coefficient (Wildman–Crippen LogP) is 2.03. The lowest BCUT2D eigenvalue weighted by molar-refractivity contribution is 0.0754. The molecule has 0 spiro atoms. The van der Waals surface area contributed by atoms with Crippen LogP contribution < -0.4 is 5.32 Å². The van der Waals surface area contributed by atoms with Crippen LogP contribution >= 0.6 is 0 Å². The lowest BCUT2D eigenvalue weighted by Gasteiger charge is -2.21. The van der Waals surface area contributed by atoms with Crippen LogP contribution in [0.5, 0.6) is 0 Å². The monoisotopic (exact) mass is 355 g/mol. The Morgan fingerprint density at radius 1 is 1.23 bits per heavy atom. The van der Waals surface area contributed by atoms with Crippen molar-refractivity contribution in [2.24, 2.45) is 0 Å². The molecule has 2 aromatic heterocycles. The van der Waals surface area contributed by atoms with Gasteiger partial charge in [-0.15, -0.1) is 0 Å². The summed E-state index contributed by atoms with van der Waals surface area (Å²) in [5.41, 5.74) is 2.02. The number of hydrogen-bond acceptors (Lipinski definition) is 4. The number of hydrogen-bond donors (Lipinski definition) is 1. The molecule has 7 nitrogen and oxygen atoms in total. The molecule has 3 rings (SSSR count). The molecule has 0 aliphatic carbocycles. The van der Waals surface area contributed by atoms with Crippen LogP contribution in [0.3, 0.4) is 0 Å². The van der Waals surface area contributed by atoms with Crippen LogP contribution in [0.15, 0.2) is 24.4 Å². The Labute approximate surface area is 153 Å². The lowest BCUT2D eigenvalue weighted by atomic mass is 10.1. The fraction of sp³-hybridized carbons (Fsp3) is 0.474. The second-order valence-electron chi connectivity index (χ2n) is 6.32. The van der Waals surface area contributed by atoms with Gasteiger partial charge in [-0.3, -0.25) is 14.6 Å². The van der Waals surface area contributed by atoms with Crippen LogP contribution in [0.25, 0.3) is 0 Å². The summed E-state index contributed by atoms with van der Waals surface area (Å²) in [5, 5.41) is 2.87. The van der Waals surface area contributed by atoms with E-state index in [1.54, 1.807) is 11.1 Å². The zero-order valence-electron chi connectivity index (χ0n) is 15.4. The molecule has 0 fully saturated rings. The second-order valence-corrected chi connectivity index (χ2v) is 6.32. The first-order valence-corrected chi connectivity index (χ1v) is 9.22. The van der Waals surface area contributed by atoms with E-state index in [-0.39, 0.29) is 11.8 Å². The predicted molar refractivity (Wildman–Crippen MR) is 97.8 cm³/mol. The number of rotatable bonds is 6. The minimum Gasteiger partial charge on any atom is -0.345 e. The normalized spacial score (nSPS) is 13.2. The maximum Gasteiger partial charge on any atom is 0.289 e. The summed E-state index contributed by atoms with van der Waals surface area (Å²) in [5.74, 6) is 0.0215. The maximum absolute atomic E-state index is 12.8. The second kappa shape index (κ2) is 8.12. The largest absolute Gasteiger partial charge is 0.345 e.